The van der Waals surface area contributed by atoms with E-state index in [4.69, 9.17) is 4.74 Å². The second kappa shape index (κ2) is 10.9. The fourth-order valence-corrected chi connectivity index (χ4v) is 3.93. The van der Waals surface area contributed by atoms with E-state index in [1.165, 1.54) is 28.6 Å². The van der Waals surface area contributed by atoms with Gasteiger partial charge in [0.2, 0.25) is 10.0 Å². The van der Waals surface area contributed by atoms with Crippen molar-refractivity contribution in [2.24, 2.45) is 0 Å². The summed E-state index contributed by atoms with van der Waals surface area (Å²) in [5.41, 5.74) is 2.53. The Morgan fingerprint density at radius 1 is 0.938 bits per heavy atom. The van der Waals surface area contributed by atoms with E-state index < -0.39 is 10.0 Å². The first-order valence-corrected chi connectivity index (χ1v) is 11.9. The molecule has 1 amide bonds. The lowest BCUT2D eigenvalue weighted by Crippen LogP contribution is -2.30. The molecule has 0 saturated carbocycles. The zero-order chi connectivity index (χ0) is 23.0. The van der Waals surface area contributed by atoms with Gasteiger partial charge in [-0.15, -0.1) is 0 Å². The predicted molar refractivity (Wildman–Crippen MR) is 122 cm³/mol. The molecule has 3 rings (SSSR count). The molecule has 0 saturated heterocycles. The maximum Gasteiger partial charge on any atom is 0.251 e. The van der Waals surface area contributed by atoms with Gasteiger partial charge < -0.3 is 10.1 Å². The third-order valence-corrected chi connectivity index (χ3v) is 5.84. The standard InChI is InChI=1S/C24H25FN2O4S/c1-32(29,30)27(17-19-7-11-22(25)12-8-19)23-13-9-21(10-14-23)24(28)26-15-16-31-18-20-5-3-2-4-6-20/h2-14H,15-18H2,1H3,(H,26,28). The summed E-state index contributed by atoms with van der Waals surface area (Å²) in [7, 11) is -3.58. The van der Waals surface area contributed by atoms with Crippen LogP contribution in [0, 0.1) is 5.82 Å². The van der Waals surface area contributed by atoms with Crippen molar-refractivity contribution < 1.29 is 22.3 Å². The van der Waals surface area contributed by atoms with Crippen molar-refractivity contribution in [2.45, 2.75) is 13.2 Å². The van der Waals surface area contributed by atoms with Crippen molar-refractivity contribution in [3.8, 4) is 0 Å². The van der Waals surface area contributed by atoms with Crippen molar-refractivity contribution in [1.82, 2.24) is 5.32 Å². The van der Waals surface area contributed by atoms with E-state index in [2.05, 4.69) is 5.32 Å². The molecule has 0 aliphatic rings. The average molecular weight is 457 g/mol. The third kappa shape index (κ3) is 6.90. The lowest BCUT2D eigenvalue weighted by atomic mass is 10.1. The maximum atomic E-state index is 13.1. The highest BCUT2D eigenvalue weighted by Crippen LogP contribution is 2.21. The highest BCUT2D eigenvalue weighted by Gasteiger charge is 2.18. The average Bonchev–Trinajstić information content (AvgIpc) is 2.78. The lowest BCUT2D eigenvalue weighted by Gasteiger charge is -2.22. The van der Waals surface area contributed by atoms with Crippen LogP contribution in [0.15, 0.2) is 78.9 Å². The highest BCUT2D eigenvalue weighted by molar-refractivity contribution is 7.92. The number of hydrogen-bond donors (Lipinski definition) is 1. The maximum absolute atomic E-state index is 13.1. The largest absolute Gasteiger partial charge is 0.375 e. The molecule has 168 valence electrons. The molecular formula is C24H25FN2O4S. The van der Waals surface area contributed by atoms with Gasteiger partial charge in [-0.1, -0.05) is 42.5 Å². The minimum Gasteiger partial charge on any atom is -0.375 e. The molecule has 0 fully saturated rings. The van der Waals surface area contributed by atoms with Crippen molar-refractivity contribution in [3.63, 3.8) is 0 Å². The molecule has 3 aromatic carbocycles. The second-order valence-corrected chi connectivity index (χ2v) is 9.14. The van der Waals surface area contributed by atoms with Gasteiger partial charge in [0.25, 0.3) is 5.91 Å². The normalized spacial score (nSPS) is 11.2. The van der Waals surface area contributed by atoms with E-state index in [9.17, 15) is 17.6 Å². The minimum atomic E-state index is -3.58. The van der Waals surface area contributed by atoms with E-state index in [1.54, 1.807) is 24.3 Å². The Hall–Kier alpha value is -3.23. The Morgan fingerprint density at radius 2 is 1.59 bits per heavy atom. The number of ether oxygens (including phenoxy) is 1. The fourth-order valence-electron chi connectivity index (χ4n) is 3.04. The van der Waals surface area contributed by atoms with Crippen LogP contribution in [-0.4, -0.2) is 33.7 Å². The molecule has 0 bridgehead atoms. The van der Waals surface area contributed by atoms with Crippen LogP contribution >= 0.6 is 0 Å². The second-order valence-electron chi connectivity index (χ2n) is 7.24. The first-order valence-electron chi connectivity index (χ1n) is 10.0. The van der Waals surface area contributed by atoms with Crippen LogP contribution < -0.4 is 9.62 Å². The molecule has 0 aliphatic heterocycles. The van der Waals surface area contributed by atoms with Crippen LogP contribution in [0.2, 0.25) is 0 Å². The van der Waals surface area contributed by atoms with Crippen molar-refractivity contribution in [1.29, 1.82) is 0 Å². The summed E-state index contributed by atoms with van der Waals surface area (Å²) in [5.74, 6) is -0.662. The number of nitrogens with zero attached hydrogens (tertiary/aromatic N) is 1. The Bertz CT molecular complexity index is 1120. The number of sulfonamides is 1. The predicted octanol–water partition coefficient (Wildman–Crippen LogP) is 3.74. The number of rotatable bonds is 10. The number of benzene rings is 3. The summed E-state index contributed by atoms with van der Waals surface area (Å²) in [6.07, 6.45) is 1.10. The van der Waals surface area contributed by atoms with Crippen LogP contribution in [-0.2, 0) is 27.9 Å². The van der Waals surface area contributed by atoms with Gasteiger partial charge in [0.1, 0.15) is 5.82 Å². The van der Waals surface area contributed by atoms with Gasteiger partial charge in [-0.2, -0.15) is 0 Å². The Balaban J connectivity index is 1.55. The summed E-state index contributed by atoms with van der Waals surface area (Å²) in [6.45, 7) is 1.26. The zero-order valence-corrected chi connectivity index (χ0v) is 18.5. The number of amides is 1. The molecular weight excluding hydrogens is 431 g/mol. The molecule has 0 aliphatic carbocycles. The summed E-state index contributed by atoms with van der Waals surface area (Å²) < 4.78 is 44.5. The van der Waals surface area contributed by atoms with E-state index in [-0.39, 0.29) is 18.3 Å². The number of nitrogens with one attached hydrogen (secondary N) is 1. The molecule has 6 nitrogen and oxygen atoms in total. The number of anilines is 1. The van der Waals surface area contributed by atoms with Gasteiger partial charge in [-0.3, -0.25) is 9.10 Å². The first-order chi connectivity index (χ1) is 15.3. The van der Waals surface area contributed by atoms with Gasteiger partial charge in [0.15, 0.2) is 0 Å². The highest BCUT2D eigenvalue weighted by atomic mass is 32.2. The summed E-state index contributed by atoms with van der Waals surface area (Å²) >= 11 is 0. The molecule has 0 radical (unpaired) electrons. The summed E-state index contributed by atoms with van der Waals surface area (Å²) in [5, 5.41) is 2.78. The number of halogens is 1. The molecule has 0 atom stereocenters. The van der Waals surface area contributed by atoms with Crippen molar-refractivity contribution >= 4 is 21.6 Å². The summed E-state index contributed by atoms with van der Waals surface area (Å²) in [6, 6.07) is 21.7. The molecule has 0 heterocycles. The minimum absolute atomic E-state index is 0.0589. The van der Waals surface area contributed by atoms with Crippen LogP contribution in [0.4, 0.5) is 10.1 Å². The van der Waals surface area contributed by atoms with E-state index in [0.717, 1.165) is 11.8 Å². The van der Waals surface area contributed by atoms with E-state index in [1.807, 2.05) is 30.3 Å². The molecule has 0 unspecified atom stereocenters. The molecule has 32 heavy (non-hydrogen) atoms. The van der Waals surface area contributed by atoms with Gasteiger partial charge >= 0.3 is 0 Å². The first kappa shape index (κ1) is 23.4. The van der Waals surface area contributed by atoms with Crippen LogP contribution in [0.5, 0.6) is 0 Å². The number of hydrogen-bond acceptors (Lipinski definition) is 4. The lowest BCUT2D eigenvalue weighted by molar-refractivity contribution is 0.0901. The third-order valence-electron chi connectivity index (χ3n) is 4.70. The van der Waals surface area contributed by atoms with Gasteiger partial charge in [-0.05, 0) is 47.5 Å². The number of carbonyl (C=O) groups excluding carboxylic acids is 1. The van der Waals surface area contributed by atoms with Gasteiger partial charge in [0.05, 0.1) is 31.7 Å². The molecule has 3 aromatic rings. The molecule has 1 N–H and O–H groups in total. The van der Waals surface area contributed by atoms with Crippen molar-refractivity contribution in [3.05, 3.63) is 101 Å². The molecule has 8 heteroatoms. The van der Waals surface area contributed by atoms with Gasteiger partial charge in [0, 0.05) is 12.1 Å². The monoisotopic (exact) mass is 456 g/mol. The quantitative estimate of drug-likeness (QED) is 0.472. The number of carbonyl (C=O) groups is 1. The smallest absolute Gasteiger partial charge is 0.251 e. The van der Waals surface area contributed by atoms with Crippen LogP contribution in [0.1, 0.15) is 21.5 Å². The topological polar surface area (TPSA) is 75.7 Å². The van der Waals surface area contributed by atoms with E-state index >= 15 is 0 Å². The SMILES string of the molecule is CS(=O)(=O)N(Cc1ccc(F)cc1)c1ccc(C(=O)NCCOCc2ccccc2)cc1. The Morgan fingerprint density at radius 3 is 2.22 bits per heavy atom. The Kier molecular flexibility index (Phi) is 7.97. The van der Waals surface area contributed by atoms with Crippen LogP contribution in [0.25, 0.3) is 0 Å². The molecule has 0 spiro atoms. The van der Waals surface area contributed by atoms with Crippen molar-refractivity contribution in [2.75, 3.05) is 23.7 Å². The zero-order valence-electron chi connectivity index (χ0n) is 17.7. The van der Waals surface area contributed by atoms with Gasteiger partial charge in [-0.25, -0.2) is 12.8 Å². The fraction of sp³-hybridized carbons (Fsp3) is 0.208. The molecule has 0 aromatic heterocycles. The Labute approximate surface area is 187 Å². The van der Waals surface area contributed by atoms with E-state index in [0.29, 0.717) is 36.6 Å². The summed E-state index contributed by atoms with van der Waals surface area (Å²) in [4.78, 5) is 12.3. The van der Waals surface area contributed by atoms with Crippen LogP contribution in [0.3, 0.4) is 0 Å².